The number of aryl methyl sites for hydroxylation is 1. The summed E-state index contributed by atoms with van der Waals surface area (Å²) in [6.07, 6.45) is 0. The Bertz CT molecular complexity index is 997. The lowest BCUT2D eigenvalue weighted by atomic mass is 10.2. The average Bonchev–Trinajstić information content (AvgIpc) is 2.94. The van der Waals surface area contributed by atoms with Crippen LogP contribution in [0.5, 0.6) is 5.75 Å². The highest BCUT2D eigenvalue weighted by molar-refractivity contribution is 7.16. The van der Waals surface area contributed by atoms with Crippen molar-refractivity contribution < 1.29 is 9.53 Å². The summed E-state index contributed by atoms with van der Waals surface area (Å²) in [7, 11) is 1.89. The molecule has 3 rings (SSSR count). The minimum absolute atomic E-state index is 0.212. The number of fused-ring (bicyclic) bond motifs is 1. The Morgan fingerprint density at radius 3 is 2.83 bits per heavy atom. The molecule has 0 saturated heterocycles. The molecule has 0 radical (unpaired) electrons. The normalized spacial score (nSPS) is 11.2. The molecule has 0 spiro atoms. The van der Waals surface area contributed by atoms with Crippen molar-refractivity contribution in [3.05, 3.63) is 58.9 Å². The van der Waals surface area contributed by atoms with Gasteiger partial charge in [-0.05, 0) is 24.3 Å². The molecule has 0 fully saturated rings. The van der Waals surface area contributed by atoms with Crippen LogP contribution in [0.4, 0.5) is 0 Å². The number of carbonyl (C=O) groups excluding carboxylic acids is 1. The number of rotatable bonds is 4. The lowest BCUT2D eigenvalue weighted by molar-refractivity contribution is -0.123. The summed E-state index contributed by atoms with van der Waals surface area (Å²) in [6, 6.07) is 16.7. The van der Waals surface area contributed by atoms with Gasteiger partial charge >= 0.3 is 0 Å². The first-order valence-corrected chi connectivity index (χ1v) is 8.00. The lowest BCUT2D eigenvalue weighted by Crippen LogP contribution is -2.27. The van der Waals surface area contributed by atoms with Gasteiger partial charge in [0.1, 0.15) is 11.8 Å². The van der Waals surface area contributed by atoms with E-state index in [4.69, 9.17) is 10.00 Å². The van der Waals surface area contributed by atoms with Crippen molar-refractivity contribution in [3.8, 4) is 11.8 Å². The molecule has 0 aliphatic carbocycles. The van der Waals surface area contributed by atoms with E-state index in [2.05, 4.69) is 10.5 Å². The van der Waals surface area contributed by atoms with Crippen LogP contribution < -0.4 is 15.0 Å². The number of nitriles is 1. The van der Waals surface area contributed by atoms with E-state index >= 15 is 0 Å². The third-order valence-electron chi connectivity index (χ3n) is 3.36. The highest BCUT2D eigenvalue weighted by atomic mass is 32.1. The molecule has 0 saturated carbocycles. The van der Waals surface area contributed by atoms with Crippen molar-refractivity contribution in [1.29, 1.82) is 5.26 Å². The number of carbonyl (C=O) groups is 1. The Morgan fingerprint density at radius 2 is 2.04 bits per heavy atom. The zero-order chi connectivity index (χ0) is 16.9. The van der Waals surface area contributed by atoms with Gasteiger partial charge in [-0.1, -0.05) is 35.6 Å². The van der Waals surface area contributed by atoms with E-state index in [0.29, 0.717) is 16.1 Å². The summed E-state index contributed by atoms with van der Waals surface area (Å²) in [5.41, 5.74) is 3.91. The molecule has 0 atom stereocenters. The minimum atomic E-state index is -0.389. The molecule has 1 N–H and O–H groups in total. The Hall–Kier alpha value is -3.11. The van der Waals surface area contributed by atoms with Crippen LogP contribution in [0.1, 0.15) is 5.56 Å². The Labute approximate surface area is 142 Å². The van der Waals surface area contributed by atoms with Gasteiger partial charge in [0.2, 0.25) is 4.80 Å². The highest BCUT2D eigenvalue weighted by Crippen LogP contribution is 2.16. The smallest absolute Gasteiger partial charge is 0.278 e. The number of benzene rings is 2. The second kappa shape index (κ2) is 6.98. The van der Waals surface area contributed by atoms with Crippen LogP contribution in [0.3, 0.4) is 0 Å². The van der Waals surface area contributed by atoms with Crippen LogP contribution in [0, 0.1) is 11.3 Å². The van der Waals surface area contributed by atoms with Crippen molar-refractivity contribution in [1.82, 2.24) is 9.99 Å². The SMILES string of the molecule is Cn1c(=NNC(=O)COc2ccccc2C#N)sc2ccccc21. The predicted molar refractivity (Wildman–Crippen MR) is 91.2 cm³/mol. The third-order valence-corrected chi connectivity index (χ3v) is 4.47. The molecule has 0 unspecified atom stereocenters. The molecule has 0 bridgehead atoms. The van der Waals surface area contributed by atoms with Gasteiger partial charge in [-0.2, -0.15) is 5.26 Å². The van der Waals surface area contributed by atoms with Crippen molar-refractivity contribution in [2.24, 2.45) is 12.1 Å². The number of nitrogens with one attached hydrogen (secondary N) is 1. The molecule has 1 amide bonds. The second-order valence-electron chi connectivity index (χ2n) is 4.95. The van der Waals surface area contributed by atoms with Gasteiger partial charge in [0.25, 0.3) is 5.91 Å². The van der Waals surface area contributed by atoms with Gasteiger partial charge in [0.05, 0.1) is 15.8 Å². The summed E-state index contributed by atoms with van der Waals surface area (Å²) in [6.45, 7) is -0.212. The maximum absolute atomic E-state index is 11.9. The van der Waals surface area contributed by atoms with E-state index in [-0.39, 0.29) is 12.5 Å². The topological polar surface area (TPSA) is 79.4 Å². The Kier molecular flexibility index (Phi) is 4.59. The molecule has 120 valence electrons. The molecule has 2 aromatic carbocycles. The van der Waals surface area contributed by atoms with Gasteiger partial charge in [-0.15, -0.1) is 5.10 Å². The van der Waals surface area contributed by atoms with Crippen molar-refractivity contribution >= 4 is 27.5 Å². The summed E-state index contributed by atoms with van der Waals surface area (Å²) < 4.78 is 8.37. The number of aromatic nitrogens is 1. The summed E-state index contributed by atoms with van der Waals surface area (Å²) >= 11 is 1.48. The Balaban J connectivity index is 1.69. The molecule has 6 nitrogen and oxygen atoms in total. The first-order chi connectivity index (χ1) is 11.7. The minimum Gasteiger partial charge on any atom is -0.482 e. The number of hydrogen-bond donors (Lipinski definition) is 1. The molecule has 3 aromatic rings. The van der Waals surface area contributed by atoms with Crippen LogP contribution in [0.2, 0.25) is 0 Å². The van der Waals surface area contributed by atoms with Crippen LogP contribution in [-0.2, 0) is 11.8 Å². The molecule has 0 aliphatic heterocycles. The number of amides is 1. The molecular formula is C17H14N4O2S. The van der Waals surface area contributed by atoms with E-state index in [1.165, 1.54) is 11.3 Å². The van der Waals surface area contributed by atoms with Gasteiger partial charge < -0.3 is 9.30 Å². The van der Waals surface area contributed by atoms with Crippen molar-refractivity contribution in [3.63, 3.8) is 0 Å². The molecular weight excluding hydrogens is 324 g/mol. The lowest BCUT2D eigenvalue weighted by Gasteiger charge is -2.06. The maximum atomic E-state index is 11.9. The van der Waals surface area contributed by atoms with E-state index in [9.17, 15) is 4.79 Å². The summed E-state index contributed by atoms with van der Waals surface area (Å²) in [5, 5.41) is 13.1. The fourth-order valence-electron chi connectivity index (χ4n) is 2.16. The summed E-state index contributed by atoms with van der Waals surface area (Å²) in [4.78, 5) is 12.6. The van der Waals surface area contributed by atoms with E-state index in [1.807, 2.05) is 41.9 Å². The third kappa shape index (κ3) is 3.29. The summed E-state index contributed by atoms with van der Waals surface area (Å²) in [5.74, 6) is -0.0113. The van der Waals surface area contributed by atoms with Crippen molar-refractivity contribution in [2.75, 3.05) is 6.61 Å². The fraction of sp³-hybridized carbons (Fsp3) is 0.118. The van der Waals surface area contributed by atoms with E-state index < -0.39 is 0 Å². The first-order valence-electron chi connectivity index (χ1n) is 7.18. The van der Waals surface area contributed by atoms with Gasteiger partial charge in [-0.3, -0.25) is 4.79 Å². The fourth-order valence-corrected chi connectivity index (χ4v) is 3.14. The number of ether oxygens (including phenoxy) is 1. The van der Waals surface area contributed by atoms with Gasteiger partial charge in [-0.25, -0.2) is 5.43 Å². The van der Waals surface area contributed by atoms with E-state index in [1.54, 1.807) is 24.3 Å². The largest absolute Gasteiger partial charge is 0.482 e. The van der Waals surface area contributed by atoms with Crippen molar-refractivity contribution in [2.45, 2.75) is 0 Å². The predicted octanol–water partition coefficient (Wildman–Crippen LogP) is 2.12. The molecule has 1 heterocycles. The average molecular weight is 338 g/mol. The molecule has 7 heteroatoms. The zero-order valence-electron chi connectivity index (χ0n) is 12.9. The quantitative estimate of drug-likeness (QED) is 0.740. The maximum Gasteiger partial charge on any atom is 0.278 e. The molecule has 1 aromatic heterocycles. The van der Waals surface area contributed by atoms with E-state index in [0.717, 1.165) is 10.2 Å². The van der Waals surface area contributed by atoms with Gasteiger partial charge in [0.15, 0.2) is 6.61 Å². The second-order valence-corrected chi connectivity index (χ2v) is 5.96. The monoisotopic (exact) mass is 338 g/mol. The number of nitrogens with zero attached hydrogens (tertiary/aromatic N) is 3. The molecule has 24 heavy (non-hydrogen) atoms. The number of para-hydroxylation sites is 2. The van der Waals surface area contributed by atoms with Crippen LogP contribution in [0.25, 0.3) is 10.2 Å². The standard InChI is InChI=1S/C17H14N4O2S/c1-21-13-7-3-5-9-15(13)24-17(21)20-19-16(22)11-23-14-8-4-2-6-12(14)10-18/h2-9H,11H2,1H3,(H,19,22). The van der Waals surface area contributed by atoms with Crippen LogP contribution in [0.15, 0.2) is 53.6 Å². The number of hydrogen-bond acceptors (Lipinski definition) is 5. The van der Waals surface area contributed by atoms with Crippen LogP contribution >= 0.6 is 11.3 Å². The van der Waals surface area contributed by atoms with Gasteiger partial charge in [0, 0.05) is 7.05 Å². The zero-order valence-corrected chi connectivity index (χ0v) is 13.7. The van der Waals surface area contributed by atoms with Crippen LogP contribution in [-0.4, -0.2) is 17.1 Å². The highest BCUT2D eigenvalue weighted by Gasteiger charge is 2.06. The first kappa shape index (κ1) is 15.8. The molecule has 0 aliphatic rings. The Morgan fingerprint density at radius 1 is 1.29 bits per heavy atom. The number of thiazole rings is 1.